The Bertz CT molecular complexity index is 574. The van der Waals surface area contributed by atoms with Crippen LogP contribution < -0.4 is 0 Å². The molecule has 4 heteroatoms. The summed E-state index contributed by atoms with van der Waals surface area (Å²) >= 11 is 0. The van der Waals surface area contributed by atoms with E-state index < -0.39 is 12.2 Å². The number of aliphatic hydroxyl groups excluding tert-OH is 2. The Morgan fingerprint density at radius 1 is 1.26 bits per heavy atom. The molecule has 0 unspecified atom stereocenters. The summed E-state index contributed by atoms with van der Waals surface area (Å²) in [5.74, 6) is -0.340. The molecule has 23 heavy (non-hydrogen) atoms. The minimum Gasteiger partial charge on any atom is -0.455 e. The van der Waals surface area contributed by atoms with Gasteiger partial charge < -0.3 is 14.9 Å². The summed E-state index contributed by atoms with van der Waals surface area (Å²) in [6.07, 6.45) is 9.98. The van der Waals surface area contributed by atoms with Crippen molar-refractivity contribution in [2.45, 2.75) is 37.6 Å². The SMILES string of the molecule is O=C1C=CC[C@H](/C=C/C[C@H](O)C[C@H](O)/C=C/c2ccccc2)O1. The molecule has 2 rings (SSSR count). The molecular weight excluding hydrogens is 292 g/mol. The number of cyclic esters (lactones) is 1. The fraction of sp³-hybridized carbons (Fsp3) is 0.316. The monoisotopic (exact) mass is 314 g/mol. The highest BCUT2D eigenvalue weighted by atomic mass is 16.5. The quantitative estimate of drug-likeness (QED) is 0.600. The molecule has 1 aliphatic rings. The first-order chi connectivity index (χ1) is 11.1. The maximum absolute atomic E-state index is 11.1. The van der Waals surface area contributed by atoms with Crippen LogP contribution in [0.2, 0.25) is 0 Å². The van der Waals surface area contributed by atoms with Crippen LogP contribution in [-0.2, 0) is 9.53 Å². The third kappa shape index (κ3) is 6.63. The Hall–Kier alpha value is -2.17. The highest BCUT2D eigenvalue weighted by molar-refractivity contribution is 5.82. The van der Waals surface area contributed by atoms with E-state index >= 15 is 0 Å². The molecule has 1 aliphatic heterocycles. The van der Waals surface area contributed by atoms with Crippen molar-refractivity contribution < 1.29 is 19.7 Å². The van der Waals surface area contributed by atoms with Crippen LogP contribution >= 0.6 is 0 Å². The van der Waals surface area contributed by atoms with Gasteiger partial charge in [-0.1, -0.05) is 54.6 Å². The zero-order valence-electron chi connectivity index (χ0n) is 12.9. The molecule has 122 valence electrons. The summed E-state index contributed by atoms with van der Waals surface area (Å²) in [4.78, 5) is 11.1. The number of aliphatic hydroxyl groups is 2. The molecular formula is C19H22O4. The highest BCUT2D eigenvalue weighted by Crippen LogP contribution is 2.11. The molecule has 0 spiro atoms. The first-order valence-corrected chi connectivity index (χ1v) is 7.76. The summed E-state index contributed by atoms with van der Waals surface area (Å²) in [7, 11) is 0. The smallest absolute Gasteiger partial charge is 0.331 e. The second-order valence-corrected chi connectivity index (χ2v) is 5.50. The molecule has 0 amide bonds. The fourth-order valence-corrected chi connectivity index (χ4v) is 2.28. The number of esters is 1. The number of rotatable bonds is 7. The largest absolute Gasteiger partial charge is 0.455 e. The number of ether oxygens (including phenoxy) is 1. The lowest BCUT2D eigenvalue weighted by Crippen LogP contribution is -2.18. The molecule has 4 nitrogen and oxygen atoms in total. The summed E-state index contributed by atoms with van der Waals surface area (Å²) in [5.41, 5.74) is 1.01. The summed E-state index contributed by atoms with van der Waals surface area (Å²) in [6.45, 7) is 0. The van der Waals surface area contributed by atoms with Crippen molar-refractivity contribution >= 4 is 12.0 Å². The van der Waals surface area contributed by atoms with Crippen LogP contribution in [0.5, 0.6) is 0 Å². The molecule has 0 aromatic heterocycles. The molecule has 0 saturated carbocycles. The van der Waals surface area contributed by atoms with Gasteiger partial charge in [-0.05, 0) is 18.1 Å². The van der Waals surface area contributed by atoms with Crippen molar-refractivity contribution in [3.63, 3.8) is 0 Å². The maximum Gasteiger partial charge on any atom is 0.331 e. The van der Waals surface area contributed by atoms with Gasteiger partial charge in [0.05, 0.1) is 12.2 Å². The number of carbonyl (C=O) groups excluding carboxylic acids is 1. The van der Waals surface area contributed by atoms with E-state index in [1.54, 1.807) is 24.3 Å². The summed E-state index contributed by atoms with van der Waals surface area (Å²) in [6, 6.07) is 9.69. The number of carbonyl (C=O) groups is 1. The third-order valence-electron chi connectivity index (χ3n) is 3.47. The predicted octanol–water partition coefficient (Wildman–Crippen LogP) is 2.63. The number of hydrogen-bond acceptors (Lipinski definition) is 4. The van der Waals surface area contributed by atoms with Gasteiger partial charge in [-0.15, -0.1) is 0 Å². The van der Waals surface area contributed by atoms with E-state index in [9.17, 15) is 15.0 Å². The zero-order chi connectivity index (χ0) is 16.5. The van der Waals surface area contributed by atoms with Gasteiger partial charge in [0.1, 0.15) is 6.10 Å². The Morgan fingerprint density at radius 2 is 2.04 bits per heavy atom. The zero-order valence-corrected chi connectivity index (χ0v) is 12.9. The van der Waals surface area contributed by atoms with Crippen LogP contribution in [0.15, 0.2) is 60.7 Å². The molecule has 1 aromatic carbocycles. The number of hydrogen-bond donors (Lipinski definition) is 2. The van der Waals surface area contributed by atoms with Gasteiger partial charge in [-0.25, -0.2) is 4.79 Å². The summed E-state index contributed by atoms with van der Waals surface area (Å²) < 4.78 is 5.08. The normalized spacial score (nSPS) is 20.8. The lowest BCUT2D eigenvalue weighted by atomic mass is 10.1. The predicted molar refractivity (Wildman–Crippen MR) is 89.5 cm³/mol. The van der Waals surface area contributed by atoms with E-state index in [0.29, 0.717) is 12.8 Å². The maximum atomic E-state index is 11.1. The fourth-order valence-electron chi connectivity index (χ4n) is 2.28. The molecule has 0 fully saturated rings. The molecule has 0 saturated heterocycles. The van der Waals surface area contributed by atoms with Gasteiger partial charge in [0, 0.05) is 18.9 Å². The van der Waals surface area contributed by atoms with E-state index in [1.165, 1.54) is 6.08 Å². The van der Waals surface area contributed by atoms with E-state index in [1.807, 2.05) is 36.4 Å². The second-order valence-electron chi connectivity index (χ2n) is 5.50. The summed E-state index contributed by atoms with van der Waals surface area (Å²) in [5, 5.41) is 19.8. The molecule has 0 radical (unpaired) electrons. The molecule has 0 aliphatic carbocycles. The van der Waals surface area contributed by atoms with E-state index in [2.05, 4.69) is 0 Å². The Morgan fingerprint density at radius 3 is 2.78 bits per heavy atom. The van der Waals surface area contributed by atoms with Crippen molar-refractivity contribution in [3.8, 4) is 0 Å². The van der Waals surface area contributed by atoms with Gasteiger partial charge >= 0.3 is 5.97 Å². The minimum absolute atomic E-state index is 0.261. The van der Waals surface area contributed by atoms with E-state index in [-0.39, 0.29) is 18.5 Å². The van der Waals surface area contributed by atoms with Crippen molar-refractivity contribution in [1.82, 2.24) is 0 Å². The topological polar surface area (TPSA) is 66.8 Å². The second kappa shape index (κ2) is 9.08. The lowest BCUT2D eigenvalue weighted by molar-refractivity contribution is -0.141. The van der Waals surface area contributed by atoms with Crippen LogP contribution in [0.3, 0.4) is 0 Å². The van der Waals surface area contributed by atoms with Crippen LogP contribution in [0.4, 0.5) is 0 Å². The van der Waals surface area contributed by atoms with Crippen LogP contribution in [0.25, 0.3) is 6.08 Å². The molecule has 2 N–H and O–H groups in total. The molecule has 1 aromatic rings. The Balaban J connectivity index is 1.71. The average Bonchev–Trinajstić information content (AvgIpc) is 2.54. The highest BCUT2D eigenvalue weighted by Gasteiger charge is 2.13. The molecule has 1 heterocycles. The number of benzene rings is 1. The van der Waals surface area contributed by atoms with E-state index in [4.69, 9.17) is 4.74 Å². The van der Waals surface area contributed by atoms with Gasteiger partial charge in [0.25, 0.3) is 0 Å². The first-order valence-electron chi connectivity index (χ1n) is 7.76. The van der Waals surface area contributed by atoms with Crippen LogP contribution in [-0.4, -0.2) is 34.5 Å². The van der Waals surface area contributed by atoms with Crippen molar-refractivity contribution in [3.05, 3.63) is 66.3 Å². The van der Waals surface area contributed by atoms with Gasteiger partial charge in [-0.3, -0.25) is 0 Å². The van der Waals surface area contributed by atoms with Gasteiger partial charge in [-0.2, -0.15) is 0 Å². The third-order valence-corrected chi connectivity index (χ3v) is 3.47. The van der Waals surface area contributed by atoms with Crippen LogP contribution in [0.1, 0.15) is 24.8 Å². The first kappa shape index (κ1) is 17.2. The van der Waals surface area contributed by atoms with Gasteiger partial charge in [0.15, 0.2) is 0 Å². The lowest BCUT2D eigenvalue weighted by Gasteiger charge is -2.15. The van der Waals surface area contributed by atoms with Crippen LogP contribution in [0, 0.1) is 0 Å². The van der Waals surface area contributed by atoms with Crippen molar-refractivity contribution in [2.75, 3.05) is 0 Å². The minimum atomic E-state index is -0.700. The van der Waals surface area contributed by atoms with Crippen molar-refractivity contribution in [1.29, 1.82) is 0 Å². The average molecular weight is 314 g/mol. The Labute approximate surface area is 136 Å². The molecule has 3 atom stereocenters. The molecule has 0 bridgehead atoms. The Kier molecular flexibility index (Phi) is 6.78. The standard InChI is InChI=1S/C19H22O4/c20-16(8-4-9-18-10-5-11-19(22)23-18)14-17(21)13-12-15-6-2-1-3-7-15/h1-7,9,11-13,16-18,20-21H,8,10,14H2/b9-4+,13-12+/t16-,17+,18-/m0/s1. The van der Waals surface area contributed by atoms with Gasteiger partial charge in [0.2, 0.25) is 0 Å². The van der Waals surface area contributed by atoms with Crippen molar-refractivity contribution in [2.24, 2.45) is 0 Å². The van der Waals surface area contributed by atoms with E-state index in [0.717, 1.165) is 5.56 Å².